The summed E-state index contributed by atoms with van der Waals surface area (Å²) in [6, 6.07) is 2.55. The van der Waals surface area contributed by atoms with Crippen LogP contribution in [0.25, 0.3) is 0 Å². The number of amides is 2. The van der Waals surface area contributed by atoms with Gasteiger partial charge in [0.2, 0.25) is 0 Å². The Bertz CT molecular complexity index is 677. The highest BCUT2D eigenvalue weighted by atomic mass is 19.4. The third-order valence-corrected chi connectivity index (χ3v) is 4.24. The van der Waals surface area contributed by atoms with Crippen LogP contribution < -0.4 is 9.80 Å². The maximum atomic E-state index is 12.9. The van der Waals surface area contributed by atoms with Crippen LogP contribution >= 0.6 is 0 Å². The highest BCUT2D eigenvalue weighted by Gasteiger charge is 2.42. The zero-order valence-corrected chi connectivity index (χ0v) is 12.2. The van der Waals surface area contributed by atoms with E-state index in [-0.39, 0.29) is 25.3 Å². The minimum Gasteiger partial charge on any atom is -0.465 e. The summed E-state index contributed by atoms with van der Waals surface area (Å²) in [5, 5.41) is 9.06. The maximum absolute atomic E-state index is 12.9. The van der Waals surface area contributed by atoms with Gasteiger partial charge in [0, 0.05) is 20.1 Å². The molecule has 0 aromatic heterocycles. The number of nitrogens with zero attached hydrogens (tertiary/aromatic N) is 3. The van der Waals surface area contributed by atoms with Crippen molar-refractivity contribution in [1.29, 1.82) is 0 Å². The number of hydrogen-bond donors (Lipinski definition) is 1. The first-order valence-corrected chi connectivity index (χ1v) is 6.93. The molecule has 124 valence electrons. The number of fused-ring (bicyclic) bond motifs is 3. The second kappa shape index (κ2) is 5.04. The Balaban J connectivity index is 2.01. The summed E-state index contributed by atoms with van der Waals surface area (Å²) >= 11 is 0. The fraction of sp³-hybridized carbons (Fsp3) is 0.429. The molecular weight excluding hydrogens is 315 g/mol. The number of carboxylic acid groups (broad SMARTS) is 1. The van der Waals surface area contributed by atoms with Crippen molar-refractivity contribution in [2.24, 2.45) is 0 Å². The van der Waals surface area contributed by atoms with Crippen LogP contribution in [0.3, 0.4) is 0 Å². The van der Waals surface area contributed by atoms with E-state index in [1.807, 2.05) is 0 Å². The van der Waals surface area contributed by atoms with Crippen LogP contribution in [0.2, 0.25) is 0 Å². The molecule has 2 amide bonds. The van der Waals surface area contributed by atoms with Crippen LogP contribution in [0.15, 0.2) is 18.2 Å². The van der Waals surface area contributed by atoms with Crippen LogP contribution in [0.4, 0.5) is 29.3 Å². The Hall–Kier alpha value is -2.45. The Kier molecular flexibility index (Phi) is 3.38. The molecule has 23 heavy (non-hydrogen) atoms. The Morgan fingerprint density at radius 2 is 1.96 bits per heavy atom. The summed E-state index contributed by atoms with van der Waals surface area (Å²) in [7, 11) is 1.40. The summed E-state index contributed by atoms with van der Waals surface area (Å²) in [6.07, 6.45) is -5.60. The van der Waals surface area contributed by atoms with Crippen molar-refractivity contribution in [2.45, 2.75) is 12.2 Å². The zero-order valence-electron chi connectivity index (χ0n) is 12.2. The maximum Gasteiger partial charge on any atom is 0.416 e. The number of likely N-dealkylation sites (N-methyl/N-ethyl adjacent to an activating group) is 1. The van der Waals surface area contributed by atoms with Gasteiger partial charge in [-0.25, -0.2) is 4.79 Å². The van der Waals surface area contributed by atoms with Crippen molar-refractivity contribution >= 4 is 23.4 Å². The van der Waals surface area contributed by atoms with Crippen LogP contribution in [0.5, 0.6) is 0 Å². The molecule has 0 unspecified atom stereocenters. The second-order valence-corrected chi connectivity index (χ2v) is 5.54. The van der Waals surface area contributed by atoms with Gasteiger partial charge < -0.3 is 19.8 Å². The molecule has 0 spiro atoms. The average molecular weight is 329 g/mol. The van der Waals surface area contributed by atoms with Gasteiger partial charge in [-0.3, -0.25) is 4.79 Å². The molecule has 0 saturated carbocycles. The summed E-state index contributed by atoms with van der Waals surface area (Å²) in [5.41, 5.74) is -0.126. The standard InChI is InChI=1S/C14H14F3N3O3/c1-18-10-6-8(14(15,16)17)2-3-9(10)20-5-4-19(13(22)23)7-11(20)12(18)21/h2-3,6,11H,4-5,7H2,1H3,(H,22,23)/t11-/m0/s1. The molecule has 1 aromatic rings. The van der Waals surface area contributed by atoms with E-state index in [2.05, 4.69) is 0 Å². The van der Waals surface area contributed by atoms with Gasteiger partial charge >= 0.3 is 12.3 Å². The number of hydrogen-bond acceptors (Lipinski definition) is 3. The van der Waals surface area contributed by atoms with Gasteiger partial charge in [0.15, 0.2) is 0 Å². The summed E-state index contributed by atoms with van der Waals surface area (Å²) in [5.74, 6) is -0.414. The van der Waals surface area contributed by atoms with Crippen LogP contribution in [-0.2, 0) is 11.0 Å². The van der Waals surface area contributed by atoms with Gasteiger partial charge in [0.25, 0.3) is 5.91 Å². The molecule has 2 aliphatic rings. The smallest absolute Gasteiger partial charge is 0.416 e. The Morgan fingerprint density at radius 1 is 1.26 bits per heavy atom. The van der Waals surface area contributed by atoms with E-state index >= 15 is 0 Å². The molecule has 6 nitrogen and oxygen atoms in total. The lowest BCUT2D eigenvalue weighted by Gasteiger charge is -2.46. The van der Waals surface area contributed by atoms with Gasteiger partial charge in [0.05, 0.1) is 23.5 Å². The lowest BCUT2D eigenvalue weighted by Crippen LogP contribution is -2.62. The predicted molar refractivity (Wildman–Crippen MR) is 75.6 cm³/mol. The van der Waals surface area contributed by atoms with E-state index < -0.39 is 29.8 Å². The van der Waals surface area contributed by atoms with Gasteiger partial charge in [-0.1, -0.05) is 0 Å². The first kappa shape index (κ1) is 15.4. The number of benzene rings is 1. The van der Waals surface area contributed by atoms with Crippen LogP contribution in [-0.4, -0.2) is 54.7 Å². The molecule has 2 heterocycles. The quantitative estimate of drug-likeness (QED) is 0.789. The van der Waals surface area contributed by atoms with Crippen LogP contribution in [0, 0.1) is 0 Å². The highest BCUT2D eigenvalue weighted by molar-refractivity contribution is 6.05. The van der Waals surface area contributed by atoms with E-state index in [0.717, 1.165) is 21.9 Å². The van der Waals surface area contributed by atoms with Crippen molar-refractivity contribution in [3.63, 3.8) is 0 Å². The largest absolute Gasteiger partial charge is 0.465 e. The van der Waals surface area contributed by atoms with Crippen molar-refractivity contribution in [3.8, 4) is 0 Å². The molecule has 9 heteroatoms. The molecule has 1 atom stereocenters. The number of carbonyl (C=O) groups is 2. The molecule has 3 rings (SSSR count). The third-order valence-electron chi connectivity index (χ3n) is 4.24. The molecular formula is C14H14F3N3O3. The molecule has 0 aliphatic carbocycles. The molecule has 1 saturated heterocycles. The fourth-order valence-corrected chi connectivity index (χ4v) is 3.01. The van der Waals surface area contributed by atoms with Gasteiger partial charge in [-0.2, -0.15) is 13.2 Å². The fourth-order valence-electron chi connectivity index (χ4n) is 3.01. The summed E-state index contributed by atoms with van der Waals surface area (Å²) in [4.78, 5) is 27.5. The van der Waals surface area contributed by atoms with E-state index in [1.54, 1.807) is 4.90 Å². The first-order valence-electron chi connectivity index (χ1n) is 6.93. The third kappa shape index (κ3) is 2.45. The monoisotopic (exact) mass is 329 g/mol. The molecule has 1 N–H and O–H groups in total. The molecule has 1 fully saturated rings. The lowest BCUT2D eigenvalue weighted by molar-refractivity contribution is -0.137. The number of piperazine rings is 1. The number of anilines is 2. The van der Waals surface area contributed by atoms with E-state index in [1.165, 1.54) is 13.1 Å². The first-order chi connectivity index (χ1) is 10.7. The number of halogens is 3. The van der Waals surface area contributed by atoms with E-state index in [0.29, 0.717) is 5.69 Å². The topological polar surface area (TPSA) is 64.1 Å². The van der Waals surface area contributed by atoms with Crippen molar-refractivity contribution in [1.82, 2.24) is 4.90 Å². The van der Waals surface area contributed by atoms with Crippen molar-refractivity contribution in [3.05, 3.63) is 23.8 Å². The molecule has 0 bridgehead atoms. The number of alkyl halides is 3. The predicted octanol–water partition coefficient (Wildman–Crippen LogP) is 1.85. The zero-order chi connectivity index (χ0) is 16.9. The Morgan fingerprint density at radius 3 is 2.57 bits per heavy atom. The van der Waals surface area contributed by atoms with Crippen molar-refractivity contribution in [2.75, 3.05) is 36.5 Å². The highest BCUT2D eigenvalue weighted by Crippen LogP contribution is 2.40. The molecule has 2 aliphatic heterocycles. The average Bonchev–Trinajstić information content (AvgIpc) is 2.50. The minimum atomic E-state index is -4.49. The van der Waals surface area contributed by atoms with E-state index in [9.17, 15) is 22.8 Å². The summed E-state index contributed by atoms with van der Waals surface area (Å²) in [6.45, 7) is 0.456. The van der Waals surface area contributed by atoms with Gasteiger partial charge in [-0.15, -0.1) is 0 Å². The Labute approximate surface area is 129 Å². The van der Waals surface area contributed by atoms with Gasteiger partial charge in [0.1, 0.15) is 6.04 Å². The van der Waals surface area contributed by atoms with Gasteiger partial charge in [-0.05, 0) is 18.2 Å². The number of carbonyl (C=O) groups excluding carboxylic acids is 1. The summed E-state index contributed by atoms with van der Waals surface area (Å²) < 4.78 is 38.6. The number of rotatable bonds is 0. The molecule has 1 aromatic carbocycles. The van der Waals surface area contributed by atoms with E-state index in [4.69, 9.17) is 5.11 Å². The lowest BCUT2D eigenvalue weighted by atomic mass is 10.0. The second-order valence-electron chi connectivity index (χ2n) is 5.54. The molecule has 0 radical (unpaired) electrons. The van der Waals surface area contributed by atoms with Crippen LogP contribution in [0.1, 0.15) is 5.56 Å². The minimum absolute atomic E-state index is 0.00102. The SMILES string of the molecule is CN1C(=O)[C@@H]2CN(C(=O)O)CCN2c2ccc(C(F)(F)F)cc21. The normalized spacial score (nSPS) is 21.1. The van der Waals surface area contributed by atoms with Crippen molar-refractivity contribution < 1.29 is 27.9 Å².